The molecule has 1 aliphatic heterocycles. The molecule has 27 heavy (non-hydrogen) atoms. The summed E-state index contributed by atoms with van der Waals surface area (Å²) < 4.78 is 11.0. The first-order chi connectivity index (χ1) is 13.1. The van der Waals surface area contributed by atoms with Crippen LogP contribution in [0.1, 0.15) is 12.8 Å². The van der Waals surface area contributed by atoms with Gasteiger partial charge in [0.05, 0.1) is 4.92 Å². The van der Waals surface area contributed by atoms with E-state index in [0.29, 0.717) is 49.1 Å². The molecule has 1 aromatic carbocycles. The Labute approximate surface area is 155 Å². The molecule has 0 unspecified atom stereocenters. The summed E-state index contributed by atoms with van der Waals surface area (Å²) in [5.41, 5.74) is 0.309. The van der Waals surface area contributed by atoms with Gasteiger partial charge in [-0.25, -0.2) is 4.98 Å². The van der Waals surface area contributed by atoms with Crippen molar-refractivity contribution in [3.8, 4) is 11.5 Å². The Morgan fingerprint density at radius 1 is 1.26 bits per heavy atom. The van der Waals surface area contributed by atoms with Crippen molar-refractivity contribution in [2.45, 2.75) is 12.8 Å². The minimum Gasteiger partial charge on any atom is -0.457 e. The third kappa shape index (κ3) is 4.70. The fourth-order valence-electron chi connectivity index (χ4n) is 2.81. The predicted molar refractivity (Wildman–Crippen MR) is 99.1 cm³/mol. The van der Waals surface area contributed by atoms with Crippen molar-refractivity contribution in [1.82, 2.24) is 4.98 Å². The van der Waals surface area contributed by atoms with Crippen molar-refractivity contribution in [2.75, 3.05) is 30.9 Å². The Bertz CT molecular complexity index is 836. The number of aromatic nitrogens is 1. The second kappa shape index (κ2) is 8.45. The number of anilines is 2. The van der Waals surface area contributed by atoms with Gasteiger partial charge in [-0.2, -0.15) is 0 Å². The van der Waals surface area contributed by atoms with Crippen LogP contribution in [0.15, 0.2) is 36.5 Å². The van der Waals surface area contributed by atoms with E-state index in [1.54, 1.807) is 25.2 Å². The first-order valence-electron chi connectivity index (χ1n) is 8.55. The number of pyridine rings is 1. The van der Waals surface area contributed by atoms with Gasteiger partial charge >= 0.3 is 0 Å². The number of nitro groups is 1. The quantitative estimate of drug-likeness (QED) is 0.591. The lowest BCUT2D eigenvalue weighted by Crippen LogP contribution is -2.28. The standard InChI is InChI=1S/C18H20N4O5/c1-19-15-10-13(2-3-16(15)22(24)25)27-14-4-7-20-17(11-14)21-18(23)12-5-8-26-9-6-12/h2-4,7,10-12,19H,5-6,8-9H2,1H3,(H,20,21,23). The molecule has 3 rings (SSSR count). The van der Waals surface area contributed by atoms with Crippen molar-refractivity contribution in [3.05, 3.63) is 46.6 Å². The van der Waals surface area contributed by atoms with E-state index >= 15 is 0 Å². The molecule has 0 spiro atoms. The second-order valence-electron chi connectivity index (χ2n) is 6.04. The van der Waals surface area contributed by atoms with Gasteiger partial charge in [0.1, 0.15) is 23.0 Å². The van der Waals surface area contributed by atoms with Crippen molar-refractivity contribution < 1.29 is 19.2 Å². The average Bonchev–Trinajstić information content (AvgIpc) is 2.68. The molecule has 2 heterocycles. The van der Waals surface area contributed by atoms with Crippen LogP contribution in [0.4, 0.5) is 17.2 Å². The fourth-order valence-corrected chi connectivity index (χ4v) is 2.81. The normalized spacial score (nSPS) is 14.4. The molecule has 2 aromatic rings. The second-order valence-corrected chi connectivity index (χ2v) is 6.04. The number of benzene rings is 1. The highest BCUT2D eigenvalue weighted by atomic mass is 16.6. The SMILES string of the molecule is CNc1cc(Oc2ccnc(NC(=O)C3CCOCC3)c2)ccc1[N+](=O)[O-]. The number of carbonyl (C=O) groups excluding carboxylic acids is 1. The molecule has 0 atom stereocenters. The Balaban J connectivity index is 1.70. The zero-order chi connectivity index (χ0) is 19.2. The predicted octanol–water partition coefficient (Wildman–Crippen LogP) is 3.19. The molecule has 1 aliphatic rings. The fraction of sp³-hybridized carbons (Fsp3) is 0.333. The number of ether oxygens (including phenoxy) is 2. The zero-order valence-electron chi connectivity index (χ0n) is 14.8. The monoisotopic (exact) mass is 372 g/mol. The molecule has 0 bridgehead atoms. The number of carbonyl (C=O) groups is 1. The van der Waals surface area contributed by atoms with Gasteiger partial charge in [-0.15, -0.1) is 0 Å². The lowest BCUT2D eigenvalue weighted by molar-refractivity contribution is -0.384. The van der Waals surface area contributed by atoms with Crippen molar-refractivity contribution in [2.24, 2.45) is 5.92 Å². The Hall–Kier alpha value is -3.20. The largest absolute Gasteiger partial charge is 0.457 e. The van der Waals surface area contributed by atoms with Gasteiger partial charge in [-0.1, -0.05) is 0 Å². The average molecular weight is 372 g/mol. The highest BCUT2D eigenvalue weighted by Crippen LogP contribution is 2.31. The maximum atomic E-state index is 12.3. The van der Waals surface area contributed by atoms with E-state index in [-0.39, 0.29) is 17.5 Å². The molecule has 142 valence electrons. The van der Waals surface area contributed by atoms with Crippen molar-refractivity contribution in [1.29, 1.82) is 0 Å². The molecule has 1 aromatic heterocycles. The zero-order valence-corrected chi connectivity index (χ0v) is 14.8. The number of nitrogens with zero attached hydrogens (tertiary/aromatic N) is 2. The van der Waals surface area contributed by atoms with Crippen LogP contribution in [0.2, 0.25) is 0 Å². The van der Waals surface area contributed by atoms with Crippen molar-refractivity contribution >= 4 is 23.1 Å². The first-order valence-corrected chi connectivity index (χ1v) is 8.55. The number of hydrogen-bond donors (Lipinski definition) is 2. The molecule has 9 heteroatoms. The summed E-state index contributed by atoms with van der Waals surface area (Å²) in [6.45, 7) is 1.17. The van der Waals surface area contributed by atoms with Crippen LogP contribution in [-0.2, 0) is 9.53 Å². The first kappa shape index (κ1) is 18.6. The van der Waals surface area contributed by atoms with Crippen LogP contribution in [-0.4, -0.2) is 36.1 Å². The molecule has 0 saturated carbocycles. The summed E-state index contributed by atoms with van der Waals surface area (Å²) in [5, 5.41) is 16.6. The van der Waals surface area contributed by atoms with Crippen LogP contribution in [0.3, 0.4) is 0 Å². The Kier molecular flexibility index (Phi) is 5.82. The van der Waals surface area contributed by atoms with Crippen LogP contribution >= 0.6 is 0 Å². The Morgan fingerprint density at radius 3 is 2.70 bits per heavy atom. The van der Waals surface area contributed by atoms with Crippen molar-refractivity contribution in [3.63, 3.8) is 0 Å². The lowest BCUT2D eigenvalue weighted by atomic mass is 9.99. The molecule has 0 radical (unpaired) electrons. The molecular weight excluding hydrogens is 352 g/mol. The summed E-state index contributed by atoms with van der Waals surface area (Å²) in [6, 6.07) is 7.68. The highest BCUT2D eigenvalue weighted by molar-refractivity contribution is 5.91. The summed E-state index contributed by atoms with van der Waals surface area (Å²) in [4.78, 5) is 27.0. The number of nitro benzene ring substituents is 1. The minimum atomic E-state index is -0.466. The van der Waals surface area contributed by atoms with Gasteiger partial charge in [0, 0.05) is 50.6 Å². The molecular formula is C18H20N4O5. The summed E-state index contributed by atoms with van der Waals surface area (Å²) in [5.74, 6) is 1.11. The highest BCUT2D eigenvalue weighted by Gasteiger charge is 2.22. The molecule has 1 fully saturated rings. The third-order valence-corrected chi connectivity index (χ3v) is 4.24. The van der Waals surface area contributed by atoms with E-state index in [2.05, 4.69) is 15.6 Å². The topological polar surface area (TPSA) is 116 Å². The maximum Gasteiger partial charge on any atom is 0.292 e. The molecule has 2 N–H and O–H groups in total. The smallest absolute Gasteiger partial charge is 0.292 e. The van der Waals surface area contributed by atoms with Gasteiger partial charge in [0.2, 0.25) is 5.91 Å². The van der Waals surface area contributed by atoms with Crippen LogP contribution in [0.25, 0.3) is 0 Å². The summed E-state index contributed by atoms with van der Waals surface area (Å²) >= 11 is 0. The van der Waals surface area contributed by atoms with E-state index in [9.17, 15) is 14.9 Å². The van der Waals surface area contributed by atoms with Gasteiger partial charge in [0.25, 0.3) is 5.69 Å². The van der Waals surface area contributed by atoms with Crippen LogP contribution in [0.5, 0.6) is 11.5 Å². The van der Waals surface area contributed by atoms with E-state index in [1.165, 1.54) is 18.3 Å². The number of hydrogen-bond acceptors (Lipinski definition) is 7. The van der Waals surface area contributed by atoms with Crippen LogP contribution in [0, 0.1) is 16.0 Å². The molecule has 9 nitrogen and oxygen atoms in total. The van der Waals surface area contributed by atoms with E-state index in [0.717, 1.165) is 0 Å². The van der Waals surface area contributed by atoms with Gasteiger partial charge in [-0.05, 0) is 25.0 Å². The number of nitrogens with one attached hydrogen (secondary N) is 2. The van der Waals surface area contributed by atoms with Gasteiger partial charge < -0.3 is 20.1 Å². The summed E-state index contributed by atoms with van der Waals surface area (Å²) in [6.07, 6.45) is 2.91. The minimum absolute atomic E-state index is 0.0380. The van der Waals surface area contributed by atoms with E-state index in [1.807, 2.05) is 0 Å². The number of amides is 1. The Morgan fingerprint density at radius 2 is 2.00 bits per heavy atom. The van der Waals surface area contributed by atoms with E-state index < -0.39 is 4.92 Å². The molecule has 1 saturated heterocycles. The lowest BCUT2D eigenvalue weighted by Gasteiger charge is -2.21. The maximum absolute atomic E-state index is 12.3. The van der Waals surface area contributed by atoms with Crippen LogP contribution < -0.4 is 15.4 Å². The van der Waals surface area contributed by atoms with Gasteiger partial charge in [0.15, 0.2) is 0 Å². The van der Waals surface area contributed by atoms with E-state index in [4.69, 9.17) is 9.47 Å². The molecule has 0 aliphatic carbocycles. The van der Waals surface area contributed by atoms with Gasteiger partial charge in [-0.3, -0.25) is 14.9 Å². The third-order valence-electron chi connectivity index (χ3n) is 4.24. The summed E-state index contributed by atoms with van der Waals surface area (Å²) in [7, 11) is 1.60. The number of rotatable bonds is 6. The molecule has 1 amide bonds.